The van der Waals surface area contributed by atoms with Crippen LogP contribution in [0.15, 0.2) is 0 Å². The number of ether oxygens (including phenoxy) is 1. The number of likely N-dealkylation sites (N-methyl/N-ethyl adjacent to an activating group) is 1. The van der Waals surface area contributed by atoms with Gasteiger partial charge in [0.15, 0.2) is 0 Å². The van der Waals surface area contributed by atoms with Gasteiger partial charge in [-0.05, 0) is 39.2 Å². The summed E-state index contributed by atoms with van der Waals surface area (Å²) < 4.78 is 5.75. The molecule has 1 aliphatic heterocycles. The predicted molar refractivity (Wildman–Crippen MR) is 73.4 cm³/mol. The summed E-state index contributed by atoms with van der Waals surface area (Å²) in [4.78, 5) is 2.38. The third-order valence-corrected chi connectivity index (χ3v) is 3.75. The molecule has 1 saturated heterocycles. The summed E-state index contributed by atoms with van der Waals surface area (Å²) in [7, 11) is 2.19. The predicted octanol–water partition coefficient (Wildman–Crippen LogP) is 2.12. The first-order valence-corrected chi connectivity index (χ1v) is 7.13. The van der Waals surface area contributed by atoms with Crippen LogP contribution < -0.4 is 5.32 Å². The quantitative estimate of drug-likeness (QED) is 0.740. The van der Waals surface area contributed by atoms with Gasteiger partial charge >= 0.3 is 0 Å². The Balaban J connectivity index is 2.06. The molecule has 1 aliphatic rings. The first-order valence-electron chi connectivity index (χ1n) is 7.13. The van der Waals surface area contributed by atoms with Crippen molar-refractivity contribution in [3.8, 4) is 0 Å². The second-order valence-corrected chi connectivity index (χ2v) is 5.74. The van der Waals surface area contributed by atoms with Crippen molar-refractivity contribution in [2.45, 2.75) is 52.2 Å². The average Bonchev–Trinajstić information content (AvgIpc) is 2.30. The molecule has 0 bridgehead atoms. The highest BCUT2D eigenvalue weighted by Crippen LogP contribution is 2.13. The molecular formula is C14H30N2O. The maximum atomic E-state index is 5.75. The molecule has 102 valence electrons. The van der Waals surface area contributed by atoms with Gasteiger partial charge in [0.25, 0.3) is 0 Å². The van der Waals surface area contributed by atoms with Crippen LogP contribution in [0.2, 0.25) is 0 Å². The van der Waals surface area contributed by atoms with E-state index >= 15 is 0 Å². The Kier molecular flexibility index (Phi) is 7.09. The topological polar surface area (TPSA) is 24.5 Å². The summed E-state index contributed by atoms with van der Waals surface area (Å²) in [5.41, 5.74) is 0. The molecule has 1 rings (SSSR count). The maximum absolute atomic E-state index is 5.75. The minimum absolute atomic E-state index is 0.469. The van der Waals surface area contributed by atoms with E-state index in [2.05, 4.69) is 38.0 Å². The first kappa shape index (κ1) is 14.9. The van der Waals surface area contributed by atoms with Crippen LogP contribution in [0.4, 0.5) is 0 Å². The molecule has 1 fully saturated rings. The summed E-state index contributed by atoms with van der Waals surface area (Å²) in [6, 6.07) is 0.606. The molecule has 17 heavy (non-hydrogen) atoms. The van der Waals surface area contributed by atoms with Crippen molar-refractivity contribution in [1.29, 1.82) is 0 Å². The van der Waals surface area contributed by atoms with Crippen molar-refractivity contribution in [3.63, 3.8) is 0 Å². The van der Waals surface area contributed by atoms with Crippen molar-refractivity contribution < 1.29 is 4.74 Å². The van der Waals surface area contributed by atoms with E-state index in [-0.39, 0.29) is 0 Å². The van der Waals surface area contributed by atoms with Gasteiger partial charge in [-0.1, -0.05) is 13.8 Å². The summed E-state index contributed by atoms with van der Waals surface area (Å²) in [6.07, 6.45) is 4.28. The van der Waals surface area contributed by atoms with E-state index in [0.717, 1.165) is 26.2 Å². The SMILES string of the molecule is CC(C)C(C)NCCN(C)CC1CCCCO1. The van der Waals surface area contributed by atoms with E-state index in [0.29, 0.717) is 18.1 Å². The molecule has 0 spiro atoms. The maximum Gasteiger partial charge on any atom is 0.0701 e. The van der Waals surface area contributed by atoms with Gasteiger partial charge < -0.3 is 15.0 Å². The van der Waals surface area contributed by atoms with E-state index in [1.807, 2.05) is 0 Å². The van der Waals surface area contributed by atoms with Crippen molar-refractivity contribution in [3.05, 3.63) is 0 Å². The first-order chi connectivity index (χ1) is 8.09. The summed E-state index contributed by atoms with van der Waals surface area (Å²) >= 11 is 0. The second kappa shape index (κ2) is 8.06. The number of hydrogen-bond donors (Lipinski definition) is 1. The Bertz CT molecular complexity index is 191. The molecule has 3 nitrogen and oxygen atoms in total. The largest absolute Gasteiger partial charge is 0.377 e. The highest BCUT2D eigenvalue weighted by Gasteiger charge is 2.15. The number of nitrogens with one attached hydrogen (secondary N) is 1. The standard InChI is InChI=1S/C14H30N2O/c1-12(2)13(3)15-8-9-16(4)11-14-7-5-6-10-17-14/h12-15H,5-11H2,1-4H3. The molecule has 2 unspecified atom stereocenters. The number of hydrogen-bond acceptors (Lipinski definition) is 3. The van der Waals surface area contributed by atoms with Crippen molar-refractivity contribution in [1.82, 2.24) is 10.2 Å². The minimum Gasteiger partial charge on any atom is -0.377 e. The van der Waals surface area contributed by atoms with E-state index in [9.17, 15) is 0 Å². The minimum atomic E-state index is 0.469. The summed E-state index contributed by atoms with van der Waals surface area (Å²) in [5.74, 6) is 0.710. The molecule has 0 aromatic carbocycles. The number of nitrogens with zero attached hydrogens (tertiary/aromatic N) is 1. The molecule has 0 radical (unpaired) electrons. The Morgan fingerprint density at radius 2 is 2.06 bits per heavy atom. The van der Waals surface area contributed by atoms with Crippen LogP contribution in [0.5, 0.6) is 0 Å². The Hall–Kier alpha value is -0.120. The molecular weight excluding hydrogens is 212 g/mol. The van der Waals surface area contributed by atoms with Crippen molar-refractivity contribution in [2.24, 2.45) is 5.92 Å². The van der Waals surface area contributed by atoms with Crippen LogP contribution >= 0.6 is 0 Å². The zero-order valence-corrected chi connectivity index (χ0v) is 12.0. The van der Waals surface area contributed by atoms with Crippen LogP contribution in [0.1, 0.15) is 40.0 Å². The zero-order chi connectivity index (χ0) is 12.7. The lowest BCUT2D eigenvalue weighted by Gasteiger charge is -2.28. The molecule has 0 aliphatic carbocycles. The highest BCUT2D eigenvalue weighted by atomic mass is 16.5. The van der Waals surface area contributed by atoms with E-state index < -0.39 is 0 Å². The Morgan fingerprint density at radius 1 is 1.29 bits per heavy atom. The van der Waals surface area contributed by atoms with Gasteiger partial charge in [0, 0.05) is 32.3 Å². The van der Waals surface area contributed by atoms with Crippen LogP contribution in [0.25, 0.3) is 0 Å². The van der Waals surface area contributed by atoms with E-state index in [4.69, 9.17) is 4.74 Å². The average molecular weight is 242 g/mol. The summed E-state index contributed by atoms with van der Waals surface area (Å²) in [6.45, 7) is 11.0. The molecule has 3 heteroatoms. The molecule has 1 heterocycles. The van der Waals surface area contributed by atoms with Crippen LogP contribution in [-0.2, 0) is 4.74 Å². The van der Waals surface area contributed by atoms with Crippen LogP contribution in [-0.4, -0.2) is 50.3 Å². The summed E-state index contributed by atoms with van der Waals surface area (Å²) in [5, 5.41) is 3.57. The van der Waals surface area contributed by atoms with Gasteiger partial charge in [0.2, 0.25) is 0 Å². The number of rotatable bonds is 7. The molecule has 2 atom stereocenters. The van der Waals surface area contributed by atoms with Crippen LogP contribution in [0, 0.1) is 5.92 Å². The fourth-order valence-corrected chi connectivity index (χ4v) is 2.11. The molecule has 0 amide bonds. The fourth-order valence-electron chi connectivity index (χ4n) is 2.11. The van der Waals surface area contributed by atoms with Crippen LogP contribution in [0.3, 0.4) is 0 Å². The third-order valence-electron chi connectivity index (χ3n) is 3.75. The molecule has 0 aromatic rings. The highest BCUT2D eigenvalue weighted by molar-refractivity contribution is 4.69. The van der Waals surface area contributed by atoms with Gasteiger partial charge in [-0.2, -0.15) is 0 Å². The lowest BCUT2D eigenvalue weighted by molar-refractivity contribution is -0.00132. The van der Waals surface area contributed by atoms with Gasteiger partial charge in [-0.15, -0.1) is 0 Å². The molecule has 0 aromatic heterocycles. The molecule has 1 N–H and O–H groups in total. The smallest absolute Gasteiger partial charge is 0.0701 e. The van der Waals surface area contributed by atoms with Gasteiger partial charge in [0.05, 0.1) is 6.10 Å². The Labute approximate surface area is 107 Å². The van der Waals surface area contributed by atoms with Gasteiger partial charge in [-0.25, -0.2) is 0 Å². The Morgan fingerprint density at radius 3 is 2.65 bits per heavy atom. The zero-order valence-electron chi connectivity index (χ0n) is 12.0. The van der Waals surface area contributed by atoms with Crippen molar-refractivity contribution in [2.75, 3.05) is 33.3 Å². The van der Waals surface area contributed by atoms with E-state index in [1.165, 1.54) is 19.3 Å². The second-order valence-electron chi connectivity index (χ2n) is 5.74. The van der Waals surface area contributed by atoms with Gasteiger partial charge in [-0.3, -0.25) is 0 Å². The molecule has 0 saturated carbocycles. The van der Waals surface area contributed by atoms with Crippen molar-refractivity contribution >= 4 is 0 Å². The monoisotopic (exact) mass is 242 g/mol. The normalized spacial score (nSPS) is 23.3. The fraction of sp³-hybridized carbons (Fsp3) is 1.00. The lowest BCUT2D eigenvalue weighted by atomic mass is 10.1. The lowest BCUT2D eigenvalue weighted by Crippen LogP contribution is -2.40. The van der Waals surface area contributed by atoms with E-state index in [1.54, 1.807) is 0 Å². The van der Waals surface area contributed by atoms with Gasteiger partial charge in [0.1, 0.15) is 0 Å². The third kappa shape index (κ3) is 6.39.